The summed E-state index contributed by atoms with van der Waals surface area (Å²) in [5.41, 5.74) is 5.33. The number of carbonyl (C=O) groups is 2. The van der Waals surface area contributed by atoms with Crippen molar-refractivity contribution in [3.8, 4) is 0 Å². The van der Waals surface area contributed by atoms with E-state index in [2.05, 4.69) is 80.7 Å². The van der Waals surface area contributed by atoms with Crippen molar-refractivity contribution in [3.05, 3.63) is 122 Å². The molecule has 0 fully saturated rings. The van der Waals surface area contributed by atoms with Crippen LogP contribution in [-0.4, -0.2) is 60.5 Å². The van der Waals surface area contributed by atoms with Crippen molar-refractivity contribution in [3.63, 3.8) is 0 Å². The average molecular weight is 828 g/mol. The highest BCUT2D eigenvalue weighted by Crippen LogP contribution is 2.43. The molecular formula is C47H74NO9P. The molecule has 10 nitrogen and oxygen atoms in total. The van der Waals surface area contributed by atoms with Gasteiger partial charge in [0.25, 0.3) is 0 Å². The number of phosphoric acid groups is 1. The third-order valence-electron chi connectivity index (χ3n) is 7.94. The number of hydrogen-bond acceptors (Lipinski definition) is 9. The average Bonchev–Trinajstić information content (AvgIpc) is 3.21. The van der Waals surface area contributed by atoms with E-state index in [1.165, 1.54) is 0 Å². The molecule has 2 unspecified atom stereocenters. The minimum atomic E-state index is -4.43. The van der Waals surface area contributed by atoms with Crippen LogP contribution in [-0.2, 0) is 32.7 Å². The van der Waals surface area contributed by atoms with Crippen LogP contribution in [0.4, 0.5) is 0 Å². The molecule has 0 saturated heterocycles. The van der Waals surface area contributed by atoms with Gasteiger partial charge in [0.15, 0.2) is 6.10 Å². The number of carbonyl (C=O) groups excluding carboxylic acids is 2. The van der Waals surface area contributed by atoms with Crippen molar-refractivity contribution in [1.29, 1.82) is 0 Å². The van der Waals surface area contributed by atoms with Gasteiger partial charge in [0.05, 0.1) is 19.3 Å². The lowest BCUT2D eigenvalue weighted by Gasteiger charge is -2.19. The largest absolute Gasteiger partial charge is 0.472 e. The molecule has 0 saturated carbocycles. The molecule has 4 N–H and O–H groups in total. The molecule has 0 bridgehead atoms. The lowest BCUT2D eigenvalue weighted by atomic mass is 10.1. The number of hydrogen-bond donors (Lipinski definition) is 3. The molecule has 0 radical (unpaired) electrons. The van der Waals surface area contributed by atoms with Gasteiger partial charge in [-0.3, -0.25) is 18.6 Å². The summed E-state index contributed by atoms with van der Waals surface area (Å²) >= 11 is 0. The van der Waals surface area contributed by atoms with Crippen molar-refractivity contribution < 1.29 is 42.7 Å². The summed E-state index contributed by atoms with van der Waals surface area (Å²) in [4.78, 5) is 34.8. The molecule has 0 aliphatic rings. The third-order valence-corrected chi connectivity index (χ3v) is 8.92. The Hall–Kier alpha value is -3.63. The molecule has 11 heteroatoms. The Morgan fingerprint density at radius 1 is 0.603 bits per heavy atom. The Balaban J connectivity index is 4.43. The Kier molecular flexibility index (Phi) is 38.9. The first kappa shape index (κ1) is 54.4. The zero-order chi connectivity index (χ0) is 42.6. The number of allylic oxidation sites excluding steroid dienone is 18. The van der Waals surface area contributed by atoms with Crippen molar-refractivity contribution in [2.24, 2.45) is 5.73 Å². The number of ether oxygens (including phenoxy) is 2. The first-order valence-electron chi connectivity index (χ1n) is 21.1. The van der Waals surface area contributed by atoms with Crippen molar-refractivity contribution >= 4 is 19.8 Å². The second-order valence-corrected chi connectivity index (χ2v) is 14.7. The quantitative estimate of drug-likeness (QED) is 0.0181. The third kappa shape index (κ3) is 40.6. The fraction of sp³-hybridized carbons (Fsp3) is 0.532. The van der Waals surface area contributed by atoms with Crippen LogP contribution in [0, 0.1) is 0 Å². The number of unbranched alkanes of at least 4 members (excludes halogenated alkanes) is 4. The molecule has 0 spiro atoms. The van der Waals surface area contributed by atoms with E-state index in [9.17, 15) is 24.2 Å². The minimum absolute atomic E-state index is 0.0223. The molecule has 58 heavy (non-hydrogen) atoms. The number of phosphoric ester groups is 1. The minimum Gasteiger partial charge on any atom is -0.462 e. The van der Waals surface area contributed by atoms with Crippen LogP contribution in [0.5, 0.6) is 0 Å². The summed E-state index contributed by atoms with van der Waals surface area (Å²) in [6.45, 7) is 3.27. The van der Waals surface area contributed by atoms with Crippen molar-refractivity contribution in [2.45, 2.75) is 135 Å². The second-order valence-electron chi connectivity index (χ2n) is 13.3. The SMILES string of the molecule is CC/C=C\C/C=C\C/C=C\C/C=C\CCCCCCC(=O)OC[C@H](COP(=O)(O)OCCN)OC(=O)CC/C=C\C/C=C\C/C=C\C=C\C(O)C/C=C\C/C=C\CC. The first-order chi connectivity index (χ1) is 28.2. The van der Waals surface area contributed by atoms with Crippen LogP contribution >= 0.6 is 7.82 Å². The van der Waals surface area contributed by atoms with E-state index >= 15 is 0 Å². The van der Waals surface area contributed by atoms with E-state index in [0.717, 1.165) is 70.6 Å². The predicted octanol–water partition coefficient (Wildman–Crippen LogP) is 11.1. The van der Waals surface area contributed by atoms with Crippen LogP contribution in [0.2, 0.25) is 0 Å². The fourth-order valence-electron chi connectivity index (χ4n) is 4.85. The van der Waals surface area contributed by atoms with Crippen LogP contribution in [0.15, 0.2) is 122 Å². The van der Waals surface area contributed by atoms with Crippen LogP contribution in [0.25, 0.3) is 0 Å². The highest BCUT2D eigenvalue weighted by molar-refractivity contribution is 7.47. The predicted molar refractivity (Wildman–Crippen MR) is 239 cm³/mol. The lowest BCUT2D eigenvalue weighted by molar-refractivity contribution is -0.161. The van der Waals surface area contributed by atoms with E-state index in [1.807, 2.05) is 48.6 Å². The molecule has 3 atom stereocenters. The second kappa shape index (κ2) is 41.5. The molecule has 0 aromatic carbocycles. The van der Waals surface area contributed by atoms with Gasteiger partial charge in [0.2, 0.25) is 0 Å². The zero-order valence-electron chi connectivity index (χ0n) is 35.3. The summed E-state index contributed by atoms with van der Waals surface area (Å²) in [5, 5.41) is 10.00. The molecule has 0 aliphatic carbocycles. The Bertz CT molecular complexity index is 1370. The van der Waals surface area contributed by atoms with Gasteiger partial charge in [-0.1, -0.05) is 148 Å². The Morgan fingerprint density at radius 2 is 1.14 bits per heavy atom. The number of nitrogens with two attached hydrogens (primary N) is 1. The van der Waals surface area contributed by atoms with E-state index in [4.69, 9.17) is 24.3 Å². The van der Waals surface area contributed by atoms with E-state index in [-0.39, 0.29) is 32.6 Å². The van der Waals surface area contributed by atoms with Gasteiger partial charge in [0.1, 0.15) is 6.61 Å². The standard InChI is InChI=1S/C47H74NO9P/c1-3-5-7-9-11-12-13-14-15-16-17-18-19-23-26-30-34-38-46(50)54-42-45(43-56-58(52,53)55-41-40-48)57-47(51)39-35-31-27-24-21-20-22-25-29-33-37-44(49)36-32-28-10-8-6-4-2/h5-8,11-12,14-15,17-18,20-21,25,27-29,31-33,37,44-45,49H,3-4,9-10,13,16,19,22-24,26,30,34-36,38-43,48H2,1-2H3,(H,52,53)/b7-5-,8-6-,12-11-,15-14-,18-17-,21-20-,29-25-,31-27-,32-28-,37-33+/t44?,45-/m1/s1. The first-order valence-corrected chi connectivity index (χ1v) is 22.6. The smallest absolute Gasteiger partial charge is 0.462 e. The molecule has 0 aromatic rings. The molecule has 326 valence electrons. The molecular weight excluding hydrogens is 753 g/mol. The molecule has 0 heterocycles. The van der Waals surface area contributed by atoms with Gasteiger partial charge in [-0.15, -0.1) is 0 Å². The maximum atomic E-state index is 12.6. The molecule has 0 aliphatic heterocycles. The van der Waals surface area contributed by atoms with Gasteiger partial charge in [-0.25, -0.2) is 4.57 Å². The van der Waals surface area contributed by atoms with Gasteiger partial charge < -0.3 is 25.2 Å². The summed E-state index contributed by atoms with van der Waals surface area (Å²) in [7, 11) is -4.43. The topological polar surface area (TPSA) is 155 Å². The maximum absolute atomic E-state index is 12.6. The van der Waals surface area contributed by atoms with E-state index in [0.29, 0.717) is 25.7 Å². The monoisotopic (exact) mass is 828 g/mol. The summed E-state index contributed by atoms with van der Waals surface area (Å²) in [5.74, 6) is -1.000. The van der Waals surface area contributed by atoms with Gasteiger partial charge in [0, 0.05) is 19.4 Å². The van der Waals surface area contributed by atoms with E-state index in [1.54, 1.807) is 6.08 Å². The lowest BCUT2D eigenvalue weighted by Crippen LogP contribution is -2.29. The van der Waals surface area contributed by atoms with Gasteiger partial charge in [-0.05, 0) is 83.5 Å². The van der Waals surface area contributed by atoms with Gasteiger partial charge >= 0.3 is 19.8 Å². The van der Waals surface area contributed by atoms with Crippen molar-refractivity contribution in [1.82, 2.24) is 0 Å². The highest BCUT2D eigenvalue weighted by Gasteiger charge is 2.25. The number of aliphatic hydroxyl groups is 1. The van der Waals surface area contributed by atoms with Crippen LogP contribution < -0.4 is 5.73 Å². The van der Waals surface area contributed by atoms with Crippen molar-refractivity contribution in [2.75, 3.05) is 26.4 Å². The van der Waals surface area contributed by atoms with E-state index < -0.39 is 38.6 Å². The summed E-state index contributed by atoms with van der Waals surface area (Å²) in [6.07, 6.45) is 52.7. The molecule has 0 rings (SSSR count). The summed E-state index contributed by atoms with van der Waals surface area (Å²) < 4.78 is 32.6. The normalized spacial score (nSPS) is 15.1. The summed E-state index contributed by atoms with van der Waals surface area (Å²) in [6, 6.07) is 0. The highest BCUT2D eigenvalue weighted by atomic mass is 31.2. The van der Waals surface area contributed by atoms with Gasteiger partial charge in [-0.2, -0.15) is 0 Å². The van der Waals surface area contributed by atoms with Crippen LogP contribution in [0.3, 0.4) is 0 Å². The number of esters is 2. The fourth-order valence-corrected chi connectivity index (χ4v) is 5.62. The number of aliphatic hydroxyl groups excluding tert-OH is 1. The Morgan fingerprint density at radius 3 is 1.74 bits per heavy atom. The molecule has 0 amide bonds. The maximum Gasteiger partial charge on any atom is 0.472 e. The zero-order valence-corrected chi connectivity index (χ0v) is 36.2. The Labute approximate surface area is 350 Å². The number of rotatable bonds is 37. The van der Waals surface area contributed by atoms with Crippen LogP contribution in [0.1, 0.15) is 123 Å². The molecule has 0 aromatic heterocycles.